The van der Waals surface area contributed by atoms with Crippen molar-refractivity contribution < 1.29 is 23.9 Å². The lowest BCUT2D eigenvalue weighted by molar-refractivity contribution is -0.145. The van der Waals surface area contributed by atoms with Gasteiger partial charge in [-0.1, -0.05) is 44.2 Å². The Hall–Kier alpha value is -3.62. The quantitative estimate of drug-likeness (QED) is 0.343. The van der Waals surface area contributed by atoms with Crippen LogP contribution >= 0.6 is 0 Å². The number of benzene rings is 1. The number of amides is 4. The summed E-state index contributed by atoms with van der Waals surface area (Å²) in [6, 6.07) is 7.07. The van der Waals surface area contributed by atoms with Crippen LogP contribution < -0.4 is 21.3 Å². The zero-order valence-electron chi connectivity index (χ0n) is 22.8. The van der Waals surface area contributed by atoms with Crippen LogP contribution in [0.25, 0.3) is 0 Å². The number of urea groups is 1. The van der Waals surface area contributed by atoms with Gasteiger partial charge < -0.3 is 26.0 Å². The molecule has 3 atom stereocenters. The van der Waals surface area contributed by atoms with Crippen molar-refractivity contribution in [3.05, 3.63) is 53.8 Å². The molecule has 206 valence electrons. The van der Waals surface area contributed by atoms with Crippen LogP contribution in [-0.4, -0.2) is 42.5 Å². The maximum Gasteiger partial charge on any atom is 0.319 e. The lowest BCUT2D eigenvalue weighted by Crippen LogP contribution is -2.38. The molecule has 9 nitrogen and oxygen atoms in total. The number of aryl methyl sites for hydroxylation is 1. The highest BCUT2D eigenvalue weighted by Gasteiger charge is 2.33. The third-order valence-corrected chi connectivity index (χ3v) is 6.81. The number of para-hydroxylation sites is 1. The first-order chi connectivity index (χ1) is 18.0. The van der Waals surface area contributed by atoms with E-state index in [1.165, 1.54) is 0 Å². The van der Waals surface area contributed by atoms with Gasteiger partial charge in [0.25, 0.3) is 0 Å². The van der Waals surface area contributed by atoms with Crippen LogP contribution in [0.1, 0.15) is 64.9 Å². The van der Waals surface area contributed by atoms with E-state index in [-0.39, 0.29) is 54.7 Å². The van der Waals surface area contributed by atoms with E-state index < -0.39 is 5.41 Å². The summed E-state index contributed by atoms with van der Waals surface area (Å²) >= 11 is 0. The third kappa shape index (κ3) is 9.04. The minimum atomic E-state index is -0.501. The molecule has 2 aliphatic rings. The van der Waals surface area contributed by atoms with Crippen molar-refractivity contribution in [3.8, 4) is 0 Å². The molecule has 0 saturated heterocycles. The normalized spacial score (nSPS) is 20.7. The Balaban J connectivity index is 1.38. The molecule has 38 heavy (non-hydrogen) atoms. The summed E-state index contributed by atoms with van der Waals surface area (Å²) in [5.41, 5.74) is 1.96. The van der Waals surface area contributed by atoms with Gasteiger partial charge in [-0.05, 0) is 62.7 Å². The van der Waals surface area contributed by atoms with Gasteiger partial charge in [0.1, 0.15) is 0 Å². The molecule has 2 aliphatic carbocycles. The molecule has 1 aromatic carbocycles. The summed E-state index contributed by atoms with van der Waals surface area (Å²) in [5.74, 6) is -0.670. The predicted molar refractivity (Wildman–Crippen MR) is 146 cm³/mol. The Morgan fingerprint density at radius 2 is 1.79 bits per heavy atom. The molecule has 0 radical (unpaired) electrons. The van der Waals surface area contributed by atoms with Crippen molar-refractivity contribution in [3.63, 3.8) is 0 Å². The summed E-state index contributed by atoms with van der Waals surface area (Å²) in [6.07, 6.45) is 8.55. The molecule has 0 spiro atoms. The molecule has 1 aromatic rings. The second kappa shape index (κ2) is 13.3. The molecule has 0 aliphatic heterocycles. The minimum Gasteiger partial charge on any atom is -0.466 e. The number of rotatable bonds is 10. The van der Waals surface area contributed by atoms with E-state index >= 15 is 0 Å². The zero-order chi connectivity index (χ0) is 27.7. The fourth-order valence-corrected chi connectivity index (χ4v) is 4.83. The lowest BCUT2D eigenvalue weighted by atomic mass is 9.85. The number of hydrogen-bond donors (Lipinski definition) is 4. The number of esters is 1. The second-order valence-corrected chi connectivity index (χ2v) is 10.9. The lowest BCUT2D eigenvalue weighted by Gasteiger charge is -2.24. The van der Waals surface area contributed by atoms with Crippen molar-refractivity contribution in [1.82, 2.24) is 16.0 Å². The highest BCUT2D eigenvalue weighted by atomic mass is 16.5. The Labute approximate surface area is 224 Å². The SMILES string of the molecule is CCOC(=O)CC(C)(C)CC(=O)N[C@H]1CC[C@@H](C(=O)NC2=CCC(NC(=O)Nc3ccccc3C)C=C2)C1. The fraction of sp³-hybridized carbons (Fsp3) is 0.517. The second-order valence-electron chi connectivity index (χ2n) is 10.9. The van der Waals surface area contributed by atoms with Crippen molar-refractivity contribution in [2.75, 3.05) is 11.9 Å². The van der Waals surface area contributed by atoms with E-state index in [0.717, 1.165) is 17.7 Å². The van der Waals surface area contributed by atoms with Gasteiger partial charge in [-0.2, -0.15) is 0 Å². The average Bonchev–Trinajstić information content (AvgIpc) is 3.29. The van der Waals surface area contributed by atoms with E-state index in [1.54, 1.807) is 13.0 Å². The van der Waals surface area contributed by atoms with Gasteiger partial charge in [-0.25, -0.2) is 4.79 Å². The average molecular weight is 525 g/mol. The highest BCUT2D eigenvalue weighted by molar-refractivity contribution is 5.90. The molecule has 4 amide bonds. The summed E-state index contributed by atoms with van der Waals surface area (Å²) < 4.78 is 5.00. The number of hydrogen-bond acceptors (Lipinski definition) is 5. The summed E-state index contributed by atoms with van der Waals surface area (Å²) in [7, 11) is 0. The number of nitrogens with one attached hydrogen (secondary N) is 4. The molecular formula is C29H40N4O5. The monoisotopic (exact) mass is 524 g/mol. The zero-order valence-corrected chi connectivity index (χ0v) is 22.8. The number of ether oxygens (including phenoxy) is 1. The minimum absolute atomic E-state index is 0.0622. The van der Waals surface area contributed by atoms with Crippen molar-refractivity contribution in [2.24, 2.45) is 11.3 Å². The number of anilines is 1. The van der Waals surface area contributed by atoms with Gasteiger partial charge in [0.2, 0.25) is 11.8 Å². The first-order valence-electron chi connectivity index (χ1n) is 13.3. The fourth-order valence-electron chi connectivity index (χ4n) is 4.83. The highest BCUT2D eigenvalue weighted by Crippen LogP contribution is 2.29. The first kappa shape index (κ1) is 28.9. The predicted octanol–water partition coefficient (Wildman–Crippen LogP) is 4.10. The van der Waals surface area contributed by atoms with Gasteiger partial charge in [0.05, 0.1) is 19.1 Å². The maximum absolute atomic E-state index is 12.8. The van der Waals surface area contributed by atoms with Crippen LogP contribution in [0.4, 0.5) is 10.5 Å². The summed E-state index contributed by atoms with van der Waals surface area (Å²) in [5, 5.41) is 11.8. The van der Waals surface area contributed by atoms with Gasteiger partial charge in [-0.3, -0.25) is 14.4 Å². The van der Waals surface area contributed by atoms with Crippen LogP contribution in [0.5, 0.6) is 0 Å². The molecule has 0 aromatic heterocycles. The Morgan fingerprint density at radius 3 is 2.47 bits per heavy atom. The van der Waals surface area contributed by atoms with Crippen molar-refractivity contribution >= 4 is 29.5 Å². The molecule has 3 rings (SSSR count). The smallest absolute Gasteiger partial charge is 0.319 e. The van der Waals surface area contributed by atoms with Gasteiger partial charge >= 0.3 is 12.0 Å². The third-order valence-electron chi connectivity index (χ3n) is 6.81. The van der Waals surface area contributed by atoms with Crippen LogP contribution in [0.15, 0.2) is 48.2 Å². The number of allylic oxidation sites excluding steroid dienone is 1. The molecule has 9 heteroatoms. The molecule has 1 fully saturated rings. The summed E-state index contributed by atoms with van der Waals surface area (Å²) in [4.78, 5) is 49.5. The van der Waals surface area contributed by atoms with E-state index in [2.05, 4.69) is 21.3 Å². The Morgan fingerprint density at radius 1 is 1.03 bits per heavy atom. The molecule has 1 unspecified atom stereocenters. The number of carbonyl (C=O) groups excluding carboxylic acids is 4. The molecular weight excluding hydrogens is 484 g/mol. The molecule has 1 saturated carbocycles. The van der Waals surface area contributed by atoms with Crippen LogP contribution in [0.2, 0.25) is 0 Å². The summed E-state index contributed by atoms with van der Waals surface area (Å²) in [6.45, 7) is 7.76. The molecule has 4 N–H and O–H groups in total. The van der Waals surface area contributed by atoms with Crippen LogP contribution in [0, 0.1) is 18.3 Å². The Bertz CT molecular complexity index is 1090. The van der Waals surface area contributed by atoms with E-state index in [1.807, 2.05) is 57.2 Å². The number of carbonyl (C=O) groups is 4. The van der Waals surface area contributed by atoms with Gasteiger partial charge in [0.15, 0.2) is 0 Å². The van der Waals surface area contributed by atoms with Crippen molar-refractivity contribution in [2.45, 2.75) is 78.3 Å². The van der Waals surface area contributed by atoms with Gasteiger partial charge in [0, 0.05) is 29.8 Å². The van der Waals surface area contributed by atoms with E-state index in [9.17, 15) is 19.2 Å². The molecule has 0 bridgehead atoms. The molecule has 0 heterocycles. The van der Waals surface area contributed by atoms with Crippen molar-refractivity contribution in [1.29, 1.82) is 0 Å². The standard InChI is InChI=1S/C29H40N4O5/c1-5-38-26(35)18-29(3,4)17-25(34)30-23-11-10-20(16-23)27(36)31-21-12-14-22(15-13-21)32-28(37)33-24-9-7-6-8-19(24)2/h6-9,12-14,20,22-23H,5,10-11,15-18H2,1-4H3,(H,30,34)(H,31,36)(H2,32,33,37)/t20-,22?,23+/m1/s1. The van der Waals surface area contributed by atoms with Gasteiger partial charge in [-0.15, -0.1) is 0 Å². The first-order valence-corrected chi connectivity index (χ1v) is 13.3. The topological polar surface area (TPSA) is 126 Å². The van der Waals surface area contributed by atoms with E-state index in [4.69, 9.17) is 4.74 Å². The van der Waals surface area contributed by atoms with Crippen LogP contribution in [-0.2, 0) is 19.1 Å². The maximum atomic E-state index is 12.8. The van der Waals surface area contributed by atoms with Crippen LogP contribution in [0.3, 0.4) is 0 Å². The Kier molecular flexibility index (Phi) is 10.1. The van der Waals surface area contributed by atoms with E-state index in [0.29, 0.717) is 31.6 Å². The largest absolute Gasteiger partial charge is 0.466 e.